The van der Waals surface area contributed by atoms with Crippen LogP contribution in [0.15, 0.2) is 0 Å². The highest BCUT2D eigenvalue weighted by atomic mass is 16.5. The van der Waals surface area contributed by atoms with E-state index in [2.05, 4.69) is 0 Å². The largest absolute Gasteiger partial charge is 0.465 e. The molecule has 0 aromatic rings. The molecule has 1 aliphatic heterocycles. The standard InChI is InChI=1S/C9H17NO3/c1-3-10-6-7(11)5-8(10)9(12)13-4-2/h7-8,11H,3-6H2,1-2H3. The van der Waals surface area contributed by atoms with Crippen LogP contribution in [-0.4, -0.2) is 47.8 Å². The quantitative estimate of drug-likeness (QED) is 0.632. The third-order valence-electron chi connectivity index (χ3n) is 2.35. The van der Waals surface area contributed by atoms with E-state index in [1.165, 1.54) is 0 Å². The molecule has 1 rings (SSSR count). The first-order chi connectivity index (χ1) is 6.19. The van der Waals surface area contributed by atoms with Gasteiger partial charge in [0.2, 0.25) is 0 Å². The number of esters is 1. The van der Waals surface area contributed by atoms with Gasteiger partial charge in [-0.15, -0.1) is 0 Å². The van der Waals surface area contributed by atoms with Gasteiger partial charge >= 0.3 is 5.97 Å². The summed E-state index contributed by atoms with van der Waals surface area (Å²) in [5.74, 6) is -0.207. The van der Waals surface area contributed by atoms with Gasteiger partial charge in [0.1, 0.15) is 6.04 Å². The van der Waals surface area contributed by atoms with E-state index in [0.29, 0.717) is 19.6 Å². The van der Waals surface area contributed by atoms with Gasteiger partial charge in [0, 0.05) is 13.0 Å². The highest BCUT2D eigenvalue weighted by Crippen LogP contribution is 2.18. The first kappa shape index (κ1) is 10.5. The SMILES string of the molecule is CCOC(=O)C1CC(O)CN1CC. The predicted octanol–water partition coefficient (Wildman–Crippen LogP) is 0.00460. The molecule has 0 spiro atoms. The van der Waals surface area contributed by atoms with E-state index < -0.39 is 0 Å². The molecule has 13 heavy (non-hydrogen) atoms. The zero-order chi connectivity index (χ0) is 9.84. The molecule has 0 radical (unpaired) electrons. The molecule has 2 atom stereocenters. The topological polar surface area (TPSA) is 49.8 Å². The molecule has 2 unspecified atom stereocenters. The predicted molar refractivity (Wildman–Crippen MR) is 48.3 cm³/mol. The van der Waals surface area contributed by atoms with Crippen LogP contribution in [0.4, 0.5) is 0 Å². The van der Waals surface area contributed by atoms with Crippen molar-refractivity contribution < 1.29 is 14.6 Å². The third kappa shape index (κ3) is 2.42. The average Bonchev–Trinajstić information content (AvgIpc) is 2.47. The molecule has 0 amide bonds. The van der Waals surface area contributed by atoms with E-state index in [4.69, 9.17) is 4.74 Å². The second-order valence-electron chi connectivity index (χ2n) is 3.24. The number of rotatable bonds is 3. The van der Waals surface area contributed by atoms with Gasteiger partial charge in [-0.1, -0.05) is 6.92 Å². The molecule has 1 fully saturated rings. The maximum atomic E-state index is 11.4. The van der Waals surface area contributed by atoms with Crippen molar-refractivity contribution in [1.82, 2.24) is 4.90 Å². The fourth-order valence-electron chi connectivity index (χ4n) is 1.71. The van der Waals surface area contributed by atoms with E-state index >= 15 is 0 Å². The van der Waals surface area contributed by atoms with E-state index in [1.807, 2.05) is 11.8 Å². The fourth-order valence-corrected chi connectivity index (χ4v) is 1.71. The highest BCUT2D eigenvalue weighted by molar-refractivity contribution is 5.76. The van der Waals surface area contributed by atoms with Crippen LogP contribution in [0.2, 0.25) is 0 Å². The molecule has 1 heterocycles. The molecule has 76 valence electrons. The summed E-state index contributed by atoms with van der Waals surface area (Å²) in [5, 5.41) is 9.37. The Labute approximate surface area is 78.5 Å². The van der Waals surface area contributed by atoms with E-state index in [1.54, 1.807) is 6.92 Å². The van der Waals surface area contributed by atoms with Crippen LogP contribution in [0.3, 0.4) is 0 Å². The second kappa shape index (κ2) is 4.58. The Morgan fingerprint density at radius 3 is 2.85 bits per heavy atom. The molecule has 4 nitrogen and oxygen atoms in total. The number of carbonyl (C=O) groups is 1. The number of β-amino-alcohol motifs (C(OH)–C–C–N with tert-alkyl or cyclic N) is 1. The molecular formula is C9H17NO3. The van der Waals surface area contributed by atoms with Crippen molar-refractivity contribution in [2.45, 2.75) is 32.4 Å². The lowest BCUT2D eigenvalue weighted by Gasteiger charge is -2.19. The number of likely N-dealkylation sites (N-methyl/N-ethyl adjacent to an activating group) is 1. The number of hydrogen-bond acceptors (Lipinski definition) is 4. The minimum absolute atomic E-state index is 0.207. The molecule has 0 aromatic carbocycles. The molecule has 1 saturated heterocycles. The van der Waals surface area contributed by atoms with Crippen LogP contribution in [0.1, 0.15) is 20.3 Å². The zero-order valence-electron chi connectivity index (χ0n) is 8.19. The first-order valence-electron chi connectivity index (χ1n) is 4.77. The summed E-state index contributed by atoms with van der Waals surface area (Å²) in [6, 6.07) is -0.236. The van der Waals surface area contributed by atoms with Crippen LogP contribution in [0.25, 0.3) is 0 Å². The molecular weight excluding hydrogens is 170 g/mol. The monoisotopic (exact) mass is 187 g/mol. The van der Waals surface area contributed by atoms with Crippen molar-refractivity contribution in [3.63, 3.8) is 0 Å². The summed E-state index contributed by atoms with van der Waals surface area (Å²) >= 11 is 0. The fraction of sp³-hybridized carbons (Fsp3) is 0.889. The van der Waals surface area contributed by atoms with Crippen LogP contribution in [0.5, 0.6) is 0 Å². The molecule has 1 aliphatic rings. The Kier molecular flexibility index (Phi) is 3.69. The maximum Gasteiger partial charge on any atom is 0.323 e. The van der Waals surface area contributed by atoms with Crippen LogP contribution in [-0.2, 0) is 9.53 Å². The first-order valence-corrected chi connectivity index (χ1v) is 4.77. The summed E-state index contributed by atoms with van der Waals surface area (Å²) in [6.07, 6.45) is 0.126. The lowest BCUT2D eigenvalue weighted by Crippen LogP contribution is -2.37. The smallest absolute Gasteiger partial charge is 0.323 e. The maximum absolute atomic E-state index is 11.4. The molecule has 0 aromatic heterocycles. The number of nitrogens with zero attached hydrogens (tertiary/aromatic N) is 1. The molecule has 0 aliphatic carbocycles. The van der Waals surface area contributed by atoms with Crippen LogP contribution < -0.4 is 0 Å². The lowest BCUT2D eigenvalue weighted by molar-refractivity contribution is -0.148. The number of carbonyl (C=O) groups excluding carboxylic acids is 1. The molecule has 1 N–H and O–H groups in total. The summed E-state index contributed by atoms with van der Waals surface area (Å²) < 4.78 is 4.91. The van der Waals surface area contributed by atoms with Crippen molar-refractivity contribution in [2.24, 2.45) is 0 Å². The average molecular weight is 187 g/mol. The minimum atomic E-state index is -0.380. The number of ether oxygens (including phenoxy) is 1. The van der Waals surface area contributed by atoms with Gasteiger partial charge in [-0.3, -0.25) is 9.69 Å². The number of hydrogen-bond donors (Lipinski definition) is 1. The van der Waals surface area contributed by atoms with Gasteiger partial charge in [-0.05, 0) is 13.5 Å². The molecule has 4 heteroatoms. The van der Waals surface area contributed by atoms with Crippen molar-refractivity contribution in [1.29, 1.82) is 0 Å². The number of likely N-dealkylation sites (tertiary alicyclic amines) is 1. The van der Waals surface area contributed by atoms with Crippen LogP contribution >= 0.6 is 0 Å². The summed E-state index contributed by atoms with van der Waals surface area (Å²) in [7, 11) is 0. The second-order valence-corrected chi connectivity index (χ2v) is 3.24. The van der Waals surface area contributed by atoms with E-state index in [0.717, 1.165) is 6.54 Å². The highest BCUT2D eigenvalue weighted by Gasteiger charge is 2.35. The van der Waals surface area contributed by atoms with Crippen molar-refractivity contribution >= 4 is 5.97 Å². The molecule has 0 saturated carbocycles. The summed E-state index contributed by atoms with van der Waals surface area (Å²) in [4.78, 5) is 13.3. The molecule has 0 bridgehead atoms. The Balaban J connectivity index is 2.52. The van der Waals surface area contributed by atoms with Gasteiger partial charge in [0.05, 0.1) is 12.7 Å². The third-order valence-corrected chi connectivity index (χ3v) is 2.35. The number of aliphatic hydroxyl groups excluding tert-OH is 1. The van der Waals surface area contributed by atoms with Crippen molar-refractivity contribution in [3.05, 3.63) is 0 Å². The Hall–Kier alpha value is -0.610. The normalized spacial score (nSPS) is 29.2. The van der Waals surface area contributed by atoms with Crippen molar-refractivity contribution in [2.75, 3.05) is 19.7 Å². The van der Waals surface area contributed by atoms with Gasteiger partial charge < -0.3 is 9.84 Å². The van der Waals surface area contributed by atoms with Gasteiger partial charge in [-0.25, -0.2) is 0 Å². The zero-order valence-corrected chi connectivity index (χ0v) is 8.19. The summed E-state index contributed by atoms with van der Waals surface area (Å²) in [5.41, 5.74) is 0. The van der Waals surface area contributed by atoms with Gasteiger partial charge in [0.25, 0.3) is 0 Å². The van der Waals surface area contributed by atoms with Crippen molar-refractivity contribution in [3.8, 4) is 0 Å². The van der Waals surface area contributed by atoms with E-state index in [9.17, 15) is 9.90 Å². The Morgan fingerprint density at radius 2 is 2.31 bits per heavy atom. The Bertz CT molecular complexity index is 184. The van der Waals surface area contributed by atoms with Gasteiger partial charge in [-0.2, -0.15) is 0 Å². The summed E-state index contributed by atoms with van der Waals surface area (Å²) in [6.45, 7) is 5.54. The van der Waals surface area contributed by atoms with Gasteiger partial charge in [0.15, 0.2) is 0 Å². The van der Waals surface area contributed by atoms with E-state index in [-0.39, 0.29) is 18.1 Å². The number of aliphatic hydroxyl groups is 1. The van der Waals surface area contributed by atoms with Crippen LogP contribution in [0, 0.1) is 0 Å². The Morgan fingerprint density at radius 1 is 1.62 bits per heavy atom. The minimum Gasteiger partial charge on any atom is -0.465 e. The lowest BCUT2D eigenvalue weighted by atomic mass is 10.2.